The summed E-state index contributed by atoms with van der Waals surface area (Å²) in [5, 5.41) is 41.9. The van der Waals surface area contributed by atoms with Crippen LogP contribution in [0.25, 0.3) is 50.4 Å². The Kier molecular flexibility index (Phi) is 15.2. The predicted molar refractivity (Wildman–Crippen MR) is 240 cm³/mol. The van der Waals surface area contributed by atoms with Gasteiger partial charge in [-0.3, -0.25) is 9.59 Å². The molecule has 0 aliphatic carbocycles. The fourth-order valence-corrected chi connectivity index (χ4v) is 8.25. The first-order chi connectivity index (χ1) is 28.1. The van der Waals surface area contributed by atoms with Crippen LogP contribution >= 0.6 is 0 Å². The second-order valence-corrected chi connectivity index (χ2v) is 16.5. The van der Waals surface area contributed by atoms with E-state index in [1.807, 2.05) is 39.0 Å². The summed E-state index contributed by atoms with van der Waals surface area (Å²) in [6.45, 7) is 18.4. The lowest BCUT2D eigenvalue weighted by Gasteiger charge is -2.14. The van der Waals surface area contributed by atoms with E-state index in [1.165, 1.54) is 11.1 Å². The molecule has 10 nitrogen and oxygen atoms in total. The van der Waals surface area contributed by atoms with Crippen LogP contribution in [-0.4, -0.2) is 58.9 Å². The molecule has 10 heteroatoms. The Morgan fingerprint density at radius 2 is 1.34 bits per heavy atom. The molecule has 8 bridgehead atoms. The van der Waals surface area contributed by atoms with Gasteiger partial charge in [-0.25, -0.2) is 9.97 Å². The zero-order valence-electron chi connectivity index (χ0n) is 35.9. The SMILES string of the molecule is C=Cc1c(C)c2cc3[nH]c(cc4nc(cc5nc(cc1[nH]2)C(C)=C5CCC(=O)O)C(CCC(=O)O)=C4CO)c(C)c3[C@@H](O)CCCC(C)CC/C=C(\C)CCC=C(C)C. The number of aliphatic carboxylic acids is 2. The number of aryl methyl sites for hydroxylation is 2. The monoisotopic (exact) mass is 802 g/mol. The Morgan fingerprint density at radius 1 is 0.729 bits per heavy atom. The zero-order valence-corrected chi connectivity index (χ0v) is 35.9. The highest BCUT2D eigenvalue weighted by molar-refractivity contribution is 5.97. The standard InChI is InChI=1S/C49H62N4O6/c1-9-34-31(6)39-25-45-49(46(55)18-12-17-30(5)16-11-15-29(4)14-10-13-28(2)3)33(8)40(52-45)24-44-37(27-54)36(20-22-48(58)59)43(53-44)26-42-35(19-21-47(56)57)32(7)38(51-42)23-41(34)50-39/h9,13,15,23-26,30,46,50,52,54-55H,1,10-12,14,16-22,27H2,2-8H3,(H,56,57)(H,58,59)/b29-15+,38-23?,39-25?,40-24?,41-23?,42-26?,43-26?,44-24?,45-25?/t30?,46-/m0/s1. The quantitative estimate of drug-likeness (QED) is 0.0650. The summed E-state index contributed by atoms with van der Waals surface area (Å²) in [5.41, 5.74) is 14.2. The molecule has 59 heavy (non-hydrogen) atoms. The van der Waals surface area contributed by atoms with Crippen molar-refractivity contribution >= 4 is 62.4 Å². The Balaban J connectivity index is 1.62. The van der Waals surface area contributed by atoms with Gasteiger partial charge >= 0.3 is 11.9 Å². The van der Waals surface area contributed by atoms with Crippen LogP contribution in [0.1, 0.15) is 156 Å². The first-order valence-electron chi connectivity index (χ1n) is 20.9. The minimum Gasteiger partial charge on any atom is -0.481 e. The van der Waals surface area contributed by atoms with Crippen LogP contribution in [0.2, 0.25) is 0 Å². The van der Waals surface area contributed by atoms with Gasteiger partial charge in [0.2, 0.25) is 0 Å². The number of carboxylic acid groups (broad SMARTS) is 2. The molecule has 5 heterocycles. The highest BCUT2D eigenvalue weighted by atomic mass is 16.4. The normalized spacial score (nSPS) is 14.2. The van der Waals surface area contributed by atoms with Crippen LogP contribution in [0.5, 0.6) is 0 Å². The van der Waals surface area contributed by atoms with Crippen LogP contribution in [0.15, 0.2) is 54.1 Å². The van der Waals surface area contributed by atoms with Gasteiger partial charge in [-0.15, -0.1) is 0 Å². The van der Waals surface area contributed by atoms with Gasteiger partial charge in [-0.1, -0.05) is 55.7 Å². The van der Waals surface area contributed by atoms with Crippen molar-refractivity contribution < 1.29 is 30.0 Å². The third kappa shape index (κ3) is 11.0. The predicted octanol–water partition coefficient (Wildman–Crippen LogP) is 11.5. The van der Waals surface area contributed by atoms with Crippen LogP contribution in [0.3, 0.4) is 0 Å². The molecule has 1 unspecified atom stereocenters. The molecule has 3 aromatic heterocycles. The fraction of sp³-hybridized carbons (Fsp3) is 0.429. The second-order valence-electron chi connectivity index (χ2n) is 16.5. The topological polar surface area (TPSA) is 172 Å². The van der Waals surface area contributed by atoms with E-state index in [2.05, 4.69) is 56.4 Å². The van der Waals surface area contributed by atoms with Crippen LogP contribution in [0.4, 0.5) is 0 Å². The summed E-state index contributed by atoms with van der Waals surface area (Å²) >= 11 is 0. The third-order valence-electron chi connectivity index (χ3n) is 11.8. The van der Waals surface area contributed by atoms with Crippen molar-refractivity contribution in [3.63, 3.8) is 0 Å². The van der Waals surface area contributed by atoms with Crippen molar-refractivity contribution in [1.82, 2.24) is 19.9 Å². The van der Waals surface area contributed by atoms with E-state index in [1.54, 1.807) is 12.1 Å². The van der Waals surface area contributed by atoms with E-state index < -0.39 is 18.0 Å². The van der Waals surface area contributed by atoms with Crippen LogP contribution in [-0.2, 0) is 9.59 Å². The molecule has 0 fully saturated rings. The van der Waals surface area contributed by atoms with Crippen molar-refractivity contribution in [1.29, 1.82) is 0 Å². The number of rotatable bonds is 19. The van der Waals surface area contributed by atoms with Gasteiger partial charge in [0, 0.05) is 51.6 Å². The average molecular weight is 803 g/mol. The summed E-state index contributed by atoms with van der Waals surface area (Å²) in [6.07, 6.45) is 12.6. The Hall–Kier alpha value is -5.32. The van der Waals surface area contributed by atoms with Gasteiger partial charge in [-0.05, 0) is 145 Å². The maximum atomic E-state index is 11.9. The summed E-state index contributed by atoms with van der Waals surface area (Å²) < 4.78 is 0. The van der Waals surface area contributed by atoms with Crippen molar-refractivity contribution in [2.24, 2.45) is 5.92 Å². The first kappa shape index (κ1) is 44.8. The van der Waals surface area contributed by atoms with E-state index in [0.29, 0.717) is 51.8 Å². The van der Waals surface area contributed by atoms with Crippen molar-refractivity contribution in [3.05, 3.63) is 99.2 Å². The molecule has 6 N–H and O–H groups in total. The van der Waals surface area contributed by atoms with Gasteiger partial charge in [0.15, 0.2) is 0 Å². The Morgan fingerprint density at radius 3 is 2.00 bits per heavy atom. The molecule has 0 aromatic carbocycles. The third-order valence-corrected chi connectivity index (χ3v) is 11.8. The molecule has 2 atom stereocenters. The molecule has 2 aliphatic heterocycles. The molecular formula is C49H62N4O6. The largest absolute Gasteiger partial charge is 0.481 e. The number of hydrogen-bond acceptors (Lipinski definition) is 6. The molecule has 0 amide bonds. The molecular weight excluding hydrogens is 741 g/mol. The van der Waals surface area contributed by atoms with Crippen LogP contribution in [0, 0.1) is 19.8 Å². The molecule has 0 radical (unpaired) electrons. The summed E-state index contributed by atoms with van der Waals surface area (Å²) in [6, 6.07) is 7.59. The zero-order chi connectivity index (χ0) is 43.0. The van der Waals surface area contributed by atoms with E-state index >= 15 is 0 Å². The minimum absolute atomic E-state index is 0.0945. The van der Waals surface area contributed by atoms with Crippen molar-refractivity contribution in [2.45, 2.75) is 125 Å². The number of H-pyrrole nitrogens is 2. The van der Waals surface area contributed by atoms with Gasteiger partial charge in [0.1, 0.15) is 0 Å². The van der Waals surface area contributed by atoms with E-state index in [0.717, 1.165) is 88.5 Å². The fourth-order valence-electron chi connectivity index (χ4n) is 8.25. The molecule has 5 rings (SSSR count). The minimum atomic E-state index is -0.976. The molecule has 3 aromatic rings. The van der Waals surface area contributed by atoms with E-state index in [9.17, 15) is 30.0 Å². The first-order valence-corrected chi connectivity index (χ1v) is 20.9. The molecule has 2 aliphatic rings. The maximum Gasteiger partial charge on any atom is 0.303 e. The number of aliphatic hydroxyl groups is 2. The maximum absolute atomic E-state index is 11.9. The summed E-state index contributed by atoms with van der Waals surface area (Å²) in [5.74, 6) is -1.38. The molecule has 0 saturated heterocycles. The highest BCUT2D eigenvalue weighted by Gasteiger charge is 2.25. The van der Waals surface area contributed by atoms with Crippen molar-refractivity contribution in [2.75, 3.05) is 6.61 Å². The van der Waals surface area contributed by atoms with Gasteiger partial charge in [-0.2, -0.15) is 0 Å². The molecule has 314 valence electrons. The lowest BCUT2D eigenvalue weighted by atomic mass is 9.94. The van der Waals surface area contributed by atoms with Gasteiger partial charge in [0.05, 0.1) is 35.5 Å². The van der Waals surface area contributed by atoms with Crippen molar-refractivity contribution in [3.8, 4) is 0 Å². The number of hydrogen-bond donors (Lipinski definition) is 6. The number of carbonyl (C=O) groups is 2. The number of carboxylic acids is 2. The highest BCUT2D eigenvalue weighted by Crippen LogP contribution is 2.39. The number of aromatic amines is 2. The second kappa shape index (κ2) is 20.1. The molecule has 0 saturated carbocycles. The van der Waals surface area contributed by atoms with Gasteiger partial charge < -0.3 is 30.4 Å². The van der Waals surface area contributed by atoms with E-state index in [-0.39, 0.29) is 32.3 Å². The molecule has 0 spiro atoms. The summed E-state index contributed by atoms with van der Waals surface area (Å²) in [7, 11) is 0. The Bertz CT molecular complexity index is 2380. The number of nitrogens with one attached hydrogen (secondary N) is 2. The number of nitrogens with zero attached hydrogens (tertiary/aromatic N) is 2. The van der Waals surface area contributed by atoms with Crippen LogP contribution < -0.4 is 0 Å². The number of allylic oxidation sites excluding steroid dienone is 7. The Labute approximate surface area is 348 Å². The smallest absolute Gasteiger partial charge is 0.303 e. The lowest BCUT2D eigenvalue weighted by molar-refractivity contribution is -0.137. The van der Waals surface area contributed by atoms with Gasteiger partial charge in [0.25, 0.3) is 0 Å². The average Bonchev–Trinajstić information content (AvgIpc) is 3.85. The number of aromatic nitrogens is 4. The number of fused-ring (bicyclic) bond motifs is 8. The number of aliphatic hydroxyl groups excluding tert-OH is 2. The van der Waals surface area contributed by atoms with E-state index in [4.69, 9.17) is 9.97 Å². The lowest BCUT2D eigenvalue weighted by Crippen LogP contribution is -2.01. The summed E-state index contributed by atoms with van der Waals surface area (Å²) in [4.78, 5) is 40.6.